The number of fused-ring (bicyclic) bond motifs is 1. The zero-order chi connectivity index (χ0) is 19.3. The summed E-state index contributed by atoms with van der Waals surface area (Å²) in [7, 11) is 0. The van der Waals surface area contributed by atoms with Crippen LogP contribution in [0.1, 0.15) is 23.2 Å². The fourth-order valence-electron chi connectivity index (χ4n) is 5.04. The van der Waals surface area contributed by atoms with E-state index < -0.39 is 0 Å². The molecule has 1 aromatic carbocycles. The molecule has 1 amide bonds. The molecule has 2 aromatic rings. The average Bonchev–Trinajstić information content (AvgIpc) is 3.35. The summed E-state index contributed by atoms with van der Waals surface area (Å²) >= 11 is 0. The van der Waals surface area contributed by atoms with Gasteiger partial charge in [0.25, 0.3) is 5.91 Å². The lowest BCUT2D eigenvalue weighted by atomic mass is 9.73. The molecule has 0 radical (unpaired) electrons. The van der Waals surface area contributed by atoms with Crippen molar-refractivity contribution < 1.29 is 13.9 Å². The second-order valence-corrected chi connectivity index (χ2v) is 7.91. The minimum absolute atomic E-state index is 0.169. The third kappa shape index (κ3) is 2.79. The fourth-order valence-corrected chi connectivity index (χ4v) is 5.04. The van der Waals surface area contributed by atoms with Crippen molar-refractivity contribution in [1.82, 2.24) is 15.3 Å². The first kappa shape index (κ1) is 17.4. The second-order valence-electron chi connectivity index (χ2n) is 7.91. The molecule has 1 aromatic heterocycles. The van der Waals surface area contributed by atoms with Gasteiger partial charge >= 0.3 is 0 Å². The van der Waals surface area contributed by atoms with Crippen LogP contribution in [0.15, 0.2) is 36.5 Å². The number of halogens is 1. The summed E-state index contributed by atoms with van der Waals surface area (Å²) in [5.74, 6) is 1.09. The van der Waals surface area contributed by atoms with Crippen molar-refractivity contribution in [2.75, 3.05) is 30.3 Å². The van der Waals surface area contributed by atoms with Gasteiger partial charge in [-0.3, -0.25) is 4.79 Å². The van der Waals surface area contributed by atoms with Gasteiger partial charge in [0.1, 0.15) is 11.6 Å². The number of amides is 1. The van der Waals surface area contributed by atoms with E-state index in [9.17, 15) is 9.18 Å². The number of carbonyl (C=O) groups is 1. The van der Waals surface area contributed by atoms with Gasteiger partial charge in [-0.25, -0.2) is 9.37 Å². The monoisotopic (exact) mass is 383 g/mol. The number of nitrogens with one attached hydrogen (secondary N) is 1. The number of aromatic nitrogens is 2. The molecule has 3 saturated heterocycles. The van der Waals surface area contributed by atoms with E-state index in [1.165, 1.54) is 24.3 Å². The summed E-state index contributed by atoms with van der Waals surface area (Å²) in [4.78, 5) is 23.2. The lowest BCUT2D eigenvalue weighted by molar-refractivity contribution is 0.0141. The van der Waals surface area contributed by atoms with Crippen LogP contribution in [0.2, 0.25) is 0 Å². The Hall–Kier alpha value is -2.74. The maximum Gasteiger partial charge on any atom is 0.251 e. The highest BCUT2D eigenvalue weighted by atomic mass is 19.1. The highest BCUT2D eigenvalue weighted by molar-refractivity contribution is 5.94. The predicted octanol–water partition coefficient (Wildman–Crippen LogP) is 1.61. The number of nitrogens with two attached hydrogens (primary N) is 1. The first-order valence-corrected chi connectivity index (χ1v) is 9.59. The minimum atomic E-state index is -0.352. The molecular formula is C20H22FN5O2. The molecule has 3 aliphatic heterocycles. The topological polar surface area (TPSA) is 93.4 Å². The van der Waals surface area contributed by atoms with E-state index in [1.54, 1.807) is 12.3 Å². The summed E-state index contributed by atoms with van der Waals surface area (Å²) in [6.45, 7) is 2.08. The average molecular weight is 383 g/mol. The summed E-state index contributed by atoms with van der Waals surface area (Å²) in [5, 5.41) is 3.01. The van der Waals surface area contributed by atoms with Crippen LogP contribution in [-0.4, -0.2) is 47.2 Å². The highest BCUT2D eigenvalue weighted by Crippen LogP contribution is 2.54. The molecule has 8 heteroatoms. The van der Waals surface area contributed by atoms with E-state index in [4.69, 9.17) is 10.5 Å². The molecular weight excluding hydrogens is 361 g/mol. The fraction of sp³-hybridized carbons (Fsp3) is 0.450. The highest BCUT2D eigenvalue weighted by Gasteiger charge is 2.63. The molecule has 2 bridgehead atoms. The molecule has 0 aliphatic carbocycles. The van der Waals surface area contributed by atoms with Crippen molar-refractivity contribution >= 4 is 17.7 Å². The van der Waals surface area contributed by atoms with Crippen LogP contribution in [0.25, 0.3) is 0 Å². The number of hydrogen-bond donors (Lipinski definition) is 2. The van der Waals surface area contributed by atoms with Gasteiger partial charge in [-0.2, -0.15) is 4.98 Å². The molecule has 5 rings (SSSR count). The zero-order valence-electron chi connectivity index (χ0n) is 15.3. The Balaban J connectivity index is 1.29. The van der Waals surface area contributed by atoms with Gasteiger partial charge in [-0.15, -0.1) is 0 Å². The van der Waals surface area contributed by atoms with Gasteiger partial charge in [0.05, 0.1) is 18.2 Å². The van der Waals surface area contributed by atoms with Crippen molar-refractivity contribution in [2.24, 2.45) is 11.8 Å². The smallest absolute Gasteiger partial charge is 0.251 e. The van der Waals surface area contributed by atoms with Crippen LogP contribution in [0.3, 0.4) is 0 Å². The second kappa shape index (κ2) is 6.41. The molecule has 0 saturated carbocycles. The number of rotatable bonds is 4. The summed E-state index contributed by atoms with van der Waals surface area (Å²) in [6, 6.07) is 7.26. The Morgan fingerprint density at radius 3 is 2.96 bits per heavy atom. The Labute approximate surface area is 162 Å². The van der Waals surface area contributed by atoms with E-state index >= 15 is 0 Å². The molecule has 4 atom stereocenters. The number of carbonyl (C=O) groups excluding carboxylic acids is 1. The molecule has 3 fully saturated rings. The van der Waals surface area contributed by atoms with Crippen molar-refractivity contribution in [3.05, 3.63) is 47.9 Å². The number of ether oxygens (including phenoxy) is 1. The van der Waals surface area contributed by atoms with Gasteiger partial charge < -0.3 is 20.7 Å². The number of anilines is 2. The summed E-state index contributed by atoms with van der Waals surface area (Å²) < 4.78 is 19.5. The van der Waals surface area contributed by atoms with Gasteiger partial charge in [0, 0.05) is 36.7 Å². The molecule has 3 aliphatic rings. The number of benzene rings is 1. The molecule has 146 valence electrons. The number of nitrogen functional groups attached to an aromatic ring is 1. The lowest BCUT2D eigenvalue weighted by Gasteiger charge is -2.29. The van der Waals surface area contributed by atoms with Crippen molar-refractivity contribution in [1.29, 1.82) is 0 Å². The van der Waals surface area contributed by atoms with Crippen LogP contribution in [0.5, 0.6) is 0 Å². The van der Waals surface area contributed by atoms with Crippen molar-refractivity contribution in [3.8, 4) is 0 Å². The van der Waals surface area contributed by atoms with Gasteiger partial charge in [0.15, 0.2) is 0 Å². The van der Waals surface area contributed by atoms with E-state index in [2.05, 4.69) is 20.2 Å². The van der Waals surface area contributed by atoms with Crippen LogP contribution >= 0.6 is 0 Å². The first-order valence-electron chi connectivity index (χ1n) is 9.59. The molecule has 28 heavy (non-hydrogen) atoms. The zero-order valence-corrected chi connectivity index (χ0v) is 15.3. The maximum absolute atomic E-state index is 13.1. The number of hydrogen-bond acceptors (Lipinski definition) is 6. The lowest BCUT2D eigenvalue weighted by Crippen LogP contribution is -2.41. The summed E-state index contributed by atoms with van der Waals surface area (Å²) in [5.41, 5.74) is 6.08. The van der Waals surface area contributed by atoms with E-state index in [0.717, 1.165) is 25.9 Å². The Morgan fingerprint density at radius 1 is 1.36 bits per heavy atom. The van der Waals surface area contributed by atoms with Crippen molar-refractivity contribution in [3.63, 3.8) is 0 Å². The van der Waals surface area contributed by atoms with E-state index in [1.807, 2.05) is 0 Å². The number of nitrogens with zero attached hydrogens (tertiary/aromatic N) is 3. The predicted molar refractivity (Wildman–Crippen MR) is 101 cm³/mol. The first-order chi connectivity index (χ1) is 13.5. The van der Waals surface area contributed by atoms with Gasteiger partial charge in [-0.05, 0) is 43.2 Å². The standard InChI is InChI=1S/C20H22FN5O2/c21-13-3-1-12(2-4-13)18(27)24-9-14-15-10-26(19-23-8-6-17(22)25-19)11-20(15)7-5-16(14)28-20/h1-4,6,8,14-16H,5,7,9-11H2,(H,24,27)(H2,22,23,25)/t14-,15+,16+,20+/m0/s1. The molecule has 0 unspecified atom stereocenters. The SMILES string of the molecule is Nc1ccnc(N2C[C@@H]3[C@H](CNC(=O)c4ccc(F)cc4)[C@H]4CC[C@]3(C2)O4)n1. The Bertz CT molecular complexity index is 908. The molecule has 3 N–H and O–H groups in total. The van der Waals surface area contributed by atoms with Gasteiger partial charge in [-0.1, -0.05) is 0 Å². The van der Waals surface area contributed by atoms with E-state index in [-0.39, 0.29) is 29.3 Å². The summed E-state index contributed by atoms with van der Waals surface area (Å²) in [6.07, 6.45) is 3.85. The normalized spacial score (nSPS) is 30.5. The Kier molecular flexibility index (Phi) is 3.97. The van der Waals surface area contributed by atoms with Crippen LogP contribution in [0, 0.1) is 17.7 Å². The van der Waals surface area contributed by atoms with Crippen molar-refractivity contribution in [2.45, 2.75) is 24.5 Å². The van der Waals surface area contributed by atoms with Crippen LogP contribution in [0.4, 0.5) is 16.2 Å². The van der Waals surface area contributed by atoms with Crippen LogP contribution in [-0.2, 0) is 4.74 Å². The third-order valence-electron chi connectivity index (χ3n) is 6.34. The molecule has 7 nitrogen and oxygen atoms in total. The largest absolute Gasteiger partial charge is 0.384 e. The molecule has 1 spiro atoms. The third-order valence-corrected chi connectivity index (χ3v) is 6.34. The van der Waals surface area contributed by atoms with Crippen LogP contribution < -0.4 is 16.0 Å². The van der Waals surface area contributed by atoms with E-state index in [0.29, 0.717) is 29.8 Å². The maximum atomic E-state index is 13.1. The molecule has 4 heterocycles. The Morgan fingerprint density at radius 2 is 2.18 bits per heavy atom. The minimum Gasteiger partial charge on any atom is -0.384 e. The quantitative estimate of drug-likeness (QED) is 0.833. The van der Waals surface area contributed by atoms with Gasteiger partial charge in [0.2, 0.25) is 5.95 Å².